The number of amides is 2. The topological polar surface area (TPSA) is 32.3 Å². The quantitative estimate of drug-likeness (QED) is 0.766. The molecule has 1 fully saturated rings. The van der Waals surface area contributed by atoms with Gasteiger partial charge >= 0.3 is 6.03 Å². The van der Waals surface area contributed by atoms with E-state index in [-0.39, 0.29) is 6.03 Å². The second-order valence-corrected chi connectivity index (χ2v) is 4.42. The average Bonchev–Trinajstić information content (AvgIpc) is 2.50. The van der Waals surface area contributed by atoms with E-state index in [4.69, 9.17) is 0 Å². The molecule has 1 atom stereocenters. The number of hydrogen-bond donors (Lipinski definition) is 1. The highest BCUT2D eigenvalue weighted by Gasteiger charge is 2.18. The largest absolute Gasteiger partial charge is 0.338 e. The van der Waals surface area contributed by atoms with Crippen molar-refractivity contribution in [3.8, 4) is 0 Å². The summed E-state index contributed by atoms with van der Waals surface area (Å²) in [6.07, 6.45) is 5.89. The second kappa shape index (κ2) is 6.70. The summed E-state index contributed by atoms with van der Waals surface area (Å²) in [5.74, 6) is 0.828. The zero-order valence-corrected chi connectivity index (χ0v) is 10.1. The van der Waals surface area contributed by atoms with Gasteiger partial charge in [0.15, 0.2) is 0 Å². The van der Waals surface area contributed by atoms with Crippen LogP contribution in [0.15, 0.2) is 0 Å². The van der Waals surface area contributed by atoms with Gasteiger partial charge in [0.05, 0.1) is 0 Å². The first-order valence-corrected chi connectivity index (χ1v) is 6.30. The van der Waals surface area contributed by atoms with Gasteiger partial charge in [-0.3, -0.25) is 0 Å². The molecular formula is C12H24N2O. The smallest absolute Gasteiger partial charge is 0.317 e. The molecular weight excluding hydrogens is 188 g/mol. The predicted molar refractivity (Wildman–Crippen MR) is 62.9 cm³/mol. The van der Waals surface area contributed by atoms with Crippen molar-refractivity contribution in [2.75, 3.05) is 19.6 Å². The number of carbonyl (C=O) groups excluding carboxylic acids is 1. The Labute approximate surface area is 93.2 Å². The van der Waals surface area contributed by atoms with Crippen molar-refractivity contribution in [1.82, 2.24) is 10.2 Å². The van der Waals surface area contributed by atoms with Crippen molar-refractivity contribution < 1.29 is 4.79 Å². The highest BCUT2D eigenvalue weighted by molar-refractivity contribution is 5.74. The molecule has 0 aromatic heterocycles. The Morgan fingerprint density at radius 2 is 2.13 bits per heavy atom. The van der Waals surface area contributed by atoms with Crippen LogP contribution in [0, 0.1) is 5.92 Å². The van der Waals surface area contributed by atoms with E-state index < -0.39 is 0 Å². The normalized spacial score (nSPS) is 22.3. The van der Waals surface area contributed by atoms with Crippen LogP contribution < -0.4 is 5.32 Å². The first-order chi connectivity index (χ1) is 7.27. The maximum absolute atomic E-state index is 11.7. The van der Waals surface area contributed by atoms with Gasteiger partial charge in [-0.1, -0.05) is 20.3 Å². The van der Waals surface area contributed by atoms with Gasteiger partial charge in [-0.25, -0.2) is 4.79 Å². The number of likely N-dealkylation sites (tertiary alicyclic amines) is 1. The molecule has 0 aromatic rings. The van der Waals surface area contributed by atoms with Gasteiger partial charge in [-0.05, 0) is 31.6 Å². The molecule has 2 amide bonds. The van der Waals surface area contributed by atoms with E-state index >= 15 is 0 Å². The number of hydrogen-bond acceptors (Lipinski definition) is 1. The van der Waals surface area contributed by atoms with Crippen molar-refractivity contribution in [3.63, 3.8) is 0 Å². The Kier molecular flexibility index (Phi) is 5.51. The van der Waals surface area contributed by atoms with Crippen LogP contribution in [0.4, 0.5) is 4.79 Å². The van der Waals surface area contributed by atoms with Crippen LogP contribution in [-0.2, 0) is 0 Å². The van der Waals surface area contributed by atoms with E-state index in [2.05, 4.69) is 19.2 Å². The molecule has 1 N–H and O–H groups in total. The molecule has 1 rings (SSSR count). The lowest BCUT2D eigenvalue weighted by molar-refractivity contribution is 0.199. The van der Waals surface area contributed by atoms with E-state index in [1.165, 1.54) is 19.3 Å². The molecule has 1 saturated heterocycles. The van der Waals surface area contributed by atoms with Crippen molar-refractivity contribution in [2.24, 2.45) is 5.92 Å². The number of carbonyl (C=O) groups is 1. The summed E-state index contributed by atoms with van der Waals surface area (Å²) < 4.78 is 0. The van der Waals surface area contributed by atoms with E-state index in [0.717, 1.165) is 38.4 Å². The predicted octanol–water partition coefficient (Wildman–Crippen LogP) is 2.62. The van der Waals surface area contributed by atoms with Crippen molar-refractivity contribution >= 4 is 6.03 Å². The molecule has 0 bridgehead atoms. The Bertz CT molecular complexity index is 194. The van der Waals surface area contributed by atoms with Gasteiger partial charge < -0.3 is 10.2 Å². The van der Waals surface area contributed by atoms with Crippen LogP contribution in [0.25, 0.3) is 0 Å². The Morgan fingerprint density at radius 1 is 1.33 bits per heavy atom. The summed E-state index contributed by atoms with van der Waals surface area (Å²) in [4.78, 5) is 13.7. The minimum atomic E-state index is 0.133. The summed E-state index contributed by atoms with van der Waals surface area (Å²) >= 11 is 0. The summed E-state index contributed by atoms with van der Waals surface area (Å²) in [5.41, 5.74) is 0. The zero-order chi connectivity index (χ0) is 11.1. The molecule has 0 aliphatic carbocycles. The molecule has 1 aliphatic rings. The van der Waals surface area contributed by atoms with Gasteiger partial charge in [-0.2, -0.15) is 0 Å². The molecule has 15 heavy (non-hydrogen) atoms. The van der Waals surface area contributed by atoms with Crippen molar-refractivity contribution in [1.29, 1.82) is 0 Å². The van der Waals surface area contributed by atoms with E-state index in [1.807, 2.05) is 4.90 Å². The van der Waals surface area contributed by atoms with Crippen LogP contribution in [0.5, 0.6) is 0 Å². The molecule has 0 spiro atoms. The first kappa shape index (κ1) is 12.3. The molecule has 3 heteroatoms. The maximum atomic E-state index is 11.7. The summed E-state index contributed by atoms with van der Waals surface area (Å²) in [5, 5.41) is 2.95. The minimum Gasteiger partial charge on any atom is -0.338 e. The van der Waals surface area contributed by atoms with Crippen molar-refractivity contribution in [3.05, 3.63) is 0 Å². The lowest BCUT2D eigenvalue weighted by Crippen LogP contribution is -2.40. The minimum absolute atomic E-state index is 0.133. The second-order valence-electron chi connectivity index (χ2n) is 4.42. The monoisotopic (exact) mass is 212 g/mol. The van der Waals surface area contributed by atoms with E-state index in [9.17, 15) is 4.79 Å². The van der Waals surface area contributed by atoms with Gasteiger partial charge in [0.2, 0.25) is 0 Å². The highest BCUT2D eigenvalue weighted by atomic mass is 16.2. The van der Waals surface area contributed by atoms with Crippen LogP contribution in [0.3, 0.4) is 0 Å². The van der Waals surface area contributed by atoms with Gasteiger partial charge in [-0.15, -0.1) is 0 Å². The van der Waals surface area contributed by atoms with E-state index in [0.29, 0.717) is 0 Å². The number of nitrogens with zero attached hydrogens (tertiary/aromatic N) is 1. The Hall–Kier alpha value is -0.730. The third-order valence-corrected chi connectivity index (χ3v) is 3.24. The molecule has 1 aliphatic heterocycles. The molecule has 0 radical (unpaired) electrons. The summed E-state index contributed by atoms with van der Waals surface area (Å²) in [7, 11) is 0. The number of urea groups is 1. The average molecular weight is 212 g/mol. The maximum Gasteiger partial charge on any atom is 0.317 e. The summed E-state index contributed by atoms with van der Waals surface area (Å²) in [6.45, 7) is 7.00. The highest BCUT2D eigenvalue weighted by Crippen LogP contribution is 2.19. The molecule has 1 heterocycles. The molecule has 0 aromatic carbocycles. The molecule has 1 unspecified atom stereocenters. The van der Waals surface area contributed by atoms with E-state index in [1.54, 1.807) is 0 Å². The lowest BCUT2D eigenvalue weighted by atomic mass is 9.98. The summed E-state index contributed by atoms with van der Waals surface area (Å²) in [6, 6.07) is 0.133. The van der Waals surface area contributed by atoms with Gasteiger partial charge in [0, 0.05) is 19.6 Å². The van der Waals surface area contributed by atoms with Gasteiger partial charge in [0.25, 0.3) is 0 Å². The SMILES string of the molecule is CCCNC(=O)N1CCCC(CC)CC1. The van der Waals surface area contributed by atoms with Crippen molar-refractivity contribution in [2.45, 2.75) is 46.0 Å². The fraction of sp³-hybridized carbons (Fsp3) is 0.917. The Morgan fingerprint density at radius 3 is 2.80 bits per heavy atom. The van der Waals surface area contributed by atoms with Crippen LogP contribution >= 0.6 is 0 Å². The fourth-order valence-electron chi connectivity index (χ4n) is 2.12. The molecule has 88 valence electrons. The number of nitrogens with one attached hydrogen (secondary N) is 1. The Balaban J connectivity index is 2.32. The zero-order valence-electron chi connectivity index (χ0n) is 10.1. The first-order valence-electron chi connectivity index (χ1n) is 6.30. The molecule has 3 nitrogen and oxygen atoms in total. The van der Waals surface area contributed by atoms with Gasteiger partial charge in [0.1, 0.15) is 0 Å². The third kappa shape index (κ3) is 4.10. The van der Waals surface area contributed by atoms with Crippen LogP contribution in [-0.4, -0.2) is 30.6 Å². The fourth-order valence-corrected chi connectivity index (χ4v) is 2.12. The standard InChI is InChI=1S/C12H24N2O/c1-3-8-13-12(15)14-9-5-6-11(4-2)7-10-14/h11H,3-10H2,1-2H3,(H,13,15). The van der Waals surface area contributed by atoms with Crippen LogP contribution in [0.2, 0.25) is 0 Å². The third-order valence-electron chi connectivity index (χ3n) is 3.24. The van der Waals surface area contributed by atoms with Crippen LogP contribution in [0.1, 0.15) is 46.0 Å². The number of rotatable bonds is 3. The molecule has 0 saturated carbocycles. The lowest BCUT2D eigenvalue weighted by Gasteiger charge is -2.20.